The summed E-state index contributed by atoms with van der Waals surface area (Å²) in [4.78, 5) is 7.42. The Morgan fingerprint density at radius 2 is 2.04 bits per heavy atom. The van der Waals surface area contributed by atoms with Gasteiger partial charge in [-0.05, 0) is 69.1 Å². The van der Waals surface area contributed by atoms with Gasteiger partial charge >= 0.3 is 0 Å². The summed E-state index contributed by atoms with van der Waals surface area (Å²) >= 11 is 0. The predicted molar refractivity (Wildman–Crippen MR) is 115 cm³/mol. The molecule has 0 amide bonds. The van der Waals surface area contributed by atoms with Crippen molar-refractivity contribution in [3.8, 4) is 5.69 Å². The Morgan fingerprint density at radius 1 is 1.21 bits per heavy atom. The van der Waals surface area contributed by atoms with Crippen LogP contribution in [0.4, 0.5) is 0 Å². The van der Waals surface area contributed by atoms with E-state index < -0.39 is 0 Å². The van der Waals surface area contributed by atoms with Crippen LogP contribution in [0.15, 0.2) is 41.5 Å². The summed E-state index contributed by atoms with van der Waals surface area (Å²) in [5, 5.41) is 8.18. The summed E-state index contributed by atoms with van der Waals surface area (Å²) in [6.07, 6.45) is 9.81. The number of rotatable bonds is 6. The standard InChI is InChI=1S/C23H33N5/c1-3-24-22(27-16-14-23(18-27)12-8-13-23)25-15-7-9-20-17-28(26-19(20)2)21-10-5-4-6-11-21/h4-6,10-11,17H,3,7-9,12-16,18H2,1-2H3,(H,24,25). The van der Waals surface area contributed by atoms with E-state index in [9.17, 15) is 0 Å². The molecule has 1 aromatic heterocycles. The third kappa shape index (κ3) is 4.08. The number of para-hydroxylation sites is 1. The van der Waals surface area contributed by atoms with Crippen molar-refractivity contribution >= 4 is 5.96 Å². The van der Waals surface area contributed by atoms with Gasteiger partial charge in [0.25, 0.3) is 0 Å². The Kier molecular flexibility index (Phi) is 5.69. The molecule has 0 bridgehead atoms. The Morgan fingerprint density at radius 3 is 2.71 bits per heavy atom. The van der Waals surface area contributed by atoms with Crippen molar-refractivity contribution in [3.05, 3.63) is 47.8 Å². The molecule has 5 heteroatoms. The number of aryl methyl sites for hydroxylation is 2. The zero-order valence-electron chi connectivity index (χ0n) is 17.3. The zero-order chi connectivity index (χ0) is 19.4. The molecule has 1 aliphatic heterocycles. The monoisotopic (exact) mass is 379 g/mol. The molecule has 1 aromatic carbocycles. The molecule has 2 aromatic rings. The van der Waals surface area contributed by atoms with Gasteiger partial charge in [-0.1, -0.05) is 24.6 Å². The molecule has 1 saturated heterocycles. The Labute approximate surface area is 168 Å². The minimum Gasteiger partial charge on any atom is -0.357 e. The van der Waals surface area contributed by atoms with Crippen molar-refractivity contribution in [2.24, 2.45) is 10.4 Å². The van der Waals surface area contributed by atoms with E-state index in [0.29, 0.717) is 5.41 Å². The maximum Gasteiger partial charge on any atom is 0.193 e. The number of aliphatic imine (C=N–C) groups is 1. The SMILES string of the molecule is CCNC(=NCCCc1cn(-c2ccccc2)nc1C)N1CCC2(CCC2)C1. The van der Waals surface area contributed by atoms with Gasteiger partial charge < -0.3 is 10.2 Å². The third-order valence-electron chi connectivity index (χ3n) is 6.37. The molecule has 0 unspecified atom stereocenters. The van der Waals surface area contributed by atoms with Crippen LogP contribution >= 0.6 is 0 Å². The normalized spacial score (nSPS) is 18.5. The number of likely N-dealkylation sites (tertiary alicyclic amines) is 1. The average Bonchev–Trinajstić information content (AvgIpc) is 3.29. The molecule has 0 radical (unpaired) electrons. The number of guanidine groups is 1. The number of aromatic nitrogens is 2. The molecule has 2 fully saturated rings. The number of nitrogens with one attached hydrogen (secondary N) is 1. The van der Waals surface area contributed by atoms with Gasteiger partial charge in [-0.2, -0.15) is 5.10 Å². The highest BCUT2D eigenvalue weighted by atomic mass is 15.3. The first kappa shape index (κ1) is 19.0. The van der Waals surface area contributed by atoms with Crippen molar-refractivity contribution < 1.29 is 0 Å². The van der Waals surface area contributed by atoms with Crippen LogP contribution in [-0.4, -0.2) is 46.8 Å². The minimum atomic E-state index is 0.610. The van der Waals surface area contributed by atoms with E-state index in [1.165, 1.54) is 37.8 Å². The Balaban J connectivity index is 1.33. The molecule has 1 saturated carbocycles. The summed E-state index contributed by atoms with van der Waals surface area (Å²) < 4.78 is 1.99. The first-order valence-electron chi connectivity index (χ1n) is 10.8. The van der Waals surface area contributed by atoms with Gasteiger partial charge in [-0.15, -0.1) is 0 Å². The van der Waals surface area contributed by atoms with E-state index in [-0.39, 0.29) is 0 Å². The molecule has 2 aliphatic rings. The second-order valence-corrected chi connectivity index (χ2v) is 8.38. The van der Waals surface area contributed by atoms with E-state index in [4.69, 9.17) is 4.99 Å². The lowest BCUT2D eigenvalue weighted by molar-refractivity contribution is 0.151. The first-order valence-corrected chi connectivity index (χ1v) is 10.8. The van der Waals surface area contributed by atoms with Crippen molar-refractivity contribution in [1.82, 2.24) is 20.0 Å². The van der Waals surface area contributed by atoms with Crippen LogP contribution < -0.4 is 5.32 Å². The van der Waals surface area contributed by atoms with Gasteiger partial charge in [-0.3, -0.25) is 4.99 Å². The molecule has 0 atom stereocenters. The van der Waals surface area contributed by atoms with Crippen molar-refractivity contribution in [3.63, 3.8) is 0 Å². The van der Waals surface area contributed by atoms with E-state index in [2.05, 4.69) is 59.6 Å². The van der Waals surface area contributed by atoms with E-state index in [1.807, 2.05) is 10.7 Å². The van der Waals surface area contributed by atoms with Gasteiger partial charge in [0.15, 0.2) is 5.96 Å². The second kappa shape index (κ2) is 8.38. The average molecular weight is 380 g/mol. The summed E-state index contributed by atoms with van der Waals surface area (Å²) in [6, 6.07) is 10.3. The fourth-order valence-corrected chi connectivity index (χ4v) is 4.54. The molecule has 28 heavy (non-hydrogen) atoms. The van der Waals surface area contributed by atoms with Crippen LogP contribution in [0.1, 0.15) is 50.3 Å². The van der Waals surface area contributed by atoms with Crippen LogP contribution in [0.2, 0.25) is 0 Å². The lowest BCUT2D eigenvalue weighted by Crippen LogP contribution is -2.42. The van der Waals surface area contributed by atoms with E-state index in [1.54, 1.807) is 0 Å². The maximum absolute atomic E-state index is 4.93. The lowest BCUT2D eigenvalue weighted by Gasteiger charge is -2.38. The Hall–Kier alpha value is -2.30. The van der Waals surface area contributed by atoms with E-state index >= 15 is 0 Å². The molecule has 1 N–H and O–H groups in total. The topological polar surface area (TPSA) is 45.5 Å². The molecule has 1 aliphatic carbocycles. The highest BCUT2D eigenvalue weighted by Gasteiger charge is 2.43. The molecule has 5 nitrogen and oxygen atoms in total. The predicted octanol–water partition coefficient (Wildman–Crippen LogP) is 3.95. The highest BCUT2D eigenvalue weighted by Crippen LogP contribution is 2.47. The third-order valence-corrected chi connectivity index (χ3v) is 6.37. The fourth-order valence-electron chi connectivity index (χ4n) is 4.54. The molecule has 1 spiro atoms. The molecular formula is C23H33N5. The van der Waals surface area contributed by atoms with Crippen LogP contribution in [0.5, 0.6) is 0 Å². The first-order chi connectivity index (χ1) is 13.7. The fraction of sp³-hybridized carbons (Fsp3) is 0.565. The van der Waals surface area contributed by atoms with Crippen molar-refractivity contribution in [2.75, 3.05) is 26.2 Å². The van der Waals surface area contributed by atoms with Gasteiger partial charge in [-0.25, -0.2) is 4.68 Å². The van der Waals surface area contributed by atoms with Gasteiger partial charge in [0, 0.05) is 32.4 Å². The molecular weight excluding hydrogens is 346 g/mol. The van der Waals surface area contributed by atoms with Crippen LogP contribution in [-0.2, 0) is 6.42 Å². The van der Waals surface area contributed by atoms with Crippen LogP contribution in [0, 0.1) is 12.3 Å². The summed E-state index contributed by atoms with van der Waals surface area (Å²) in [6.45, 7) is 8.42. The lowest BCUT2D eigenvalue weighted by atomic mass is 9.68. The van der Waals surface area contributed by atoms with Crippen LogP contribution in [0.3, 0.4) is 0 Å². The van der Waals surface area contributed by atoms with E-state index in [0.717, 1.165) is 49.8 Å². The second-order valence-electron chi connectivity index (χ2n) is 8.38. The molecule has 150 valence electrons. The number of hydrogen-bond donors (Lipinski definition) is 1. The largest absolute Gasteiger partial charge is 0.357 e. The summed E-state index contributed by atoms with van der Waals surface area (Å²) in [5.74, 6) is 1.11. The minimum absolute atomic E-state index is 0.610. The highest BCUT2D eigenvalue weighted by molar-refractivity contribution is 5.80. The molecule has 4 rings (SSSR count). The number of nitrogens with zero attached hydrogens (tertiary/aromatic N) is 4. The smallest absolute Gasteiger partial charge is 0.193 e. The Bertz CT molecular complexity index is 804. The number of hydrogen-bond acceptors (Lipinski definition) is 2. The summed E-state index contributed by atoms with van der Waals surface area (Å²) in [7, 11) is 0. The van der Waals surface area contributed by atoms with Gasteiger partial charge in [0.2, 0.25) is 0 Å². The van der Waals surface area contributed by atoms with Gasteiger partial charge in [0.1, 0.15) is 0 Å². The number of benzene rings is 1. The summed E-state index contributed by atoms with van der Waals surface area (Å²) in [5.41, 5.74) is 4.16. The maximum atomic E-state index is 4.93. The van der Waals surface area contributed by atoms with Crippen LogP contribution in [0.25, 0.3) is 5.69 Å². The molecule has 2 heterocycles. The van der Waals surface area contributed by atoms with Crippen molar-refractivity contribution in [1.29, 1.82) is 0 Å². The zero-order valence-corrected chi connectivity index (χ0v) is 17.3. The quantitative estimate of drug-likeness (QED) is 0.469. The van der Waals surface area contributed by atoms with Gasteiger partial charge in [0.05, 0.1) is 11.4 Å². The van der Waals surface area contributed by atoms with Crippen molar-refractivity contribution in [2.45, 2.75) is 52.4 Å².